The SMILES string of the molecule is CCCC1(CCC(F)(F)F)C=NN(C)C1.CN1CC(C)(CO)C=N1.CN1CC2(C=N1)CCNCC2.CN1CC2(C=N1)CCOCC2.CN1CCC2C(C=NN2C)C1. The van der Waals surface area contributed by atoms with E-state index in [-0.39, 0.29) is 23.9 Å². The van der Waals surface area contributed by atoms with Crippen LogP contribution < -0.4 is 5.32 Å². The van der Waals surface area contributed by atoms with E-state index in [1.165, 1.54) is 32.4 Å². The lowest BCUT2D eigenvalue weighted by molar-refractivity contribution is -0.139. The van der Waals surface area contributed by atoms with Crippen molar-refractivity contribution in [2.75, 3.05) is 114 Å². The highest BCUT2D eigenvalue weighted by molar-refractivity contribution is 5.69. The van der Waals surface area contributed by atoms with Crippen molar-refractivity contribution in [1.82, 2.24) is 35.3 Å². The number of hydrazone groups is 5. The predicted octanol–water partition coefficient (Wildman–Crippen LogP) is 4.20. The second-order valence-electron chi connectivity index (χ2n) is 18.0. The van der Waals surface area contributed by atoms with Gasteiger partial charge >= 0.3 is 6.18 Å². The number of hydrogen-bond acceptors (Lipinski definition) is 14. The smallest absolute Gasteiger partial charge is 0.389 e. The minimum atomic E-state index is -4.06. The number of rotatable bonds is 5. The molecule has 0 bridgehead atoms. The van der Waals surface area contributed by atoms with E-state index in [0.717, 1.165) is 71.6 Å². The molecule has 4 atom stereocenters. The Balaban J connectivity index is 0.000000159. The highest BCUT2D eigenvalue weighted by atomic mass is 19.4. The first kappa shape index (κ1) is 46.7. The zero-order chi connectivity index (χ0) is 41.7. The Kier molecular flexibility index (Phi) is 17.0. The molecule has 8 aliphatic heterocycles. The normalized spacial score (nSPS) is 30.5. The van der Waals surface area contributed by atoms with Crippen molar-refractivity contribution in [3.8, 4) is 0 Å². The third-order valence-corrected chi connectivity index (χ3v) is 12.2. The number of halogens is 3. The second-order valence-corrected chi connectivity index (χ2v) is 18.0. The molecule has 2 N–H and O–H groups in total. The molecule has 2 spiro atoms. The summed E-state index contributed by atoms with van der Waals surface area (Å²) in [4.78, 5) is 2.38. The molecule has 0 radical (unpaired) electrons. The highest BCUT2D eigenvalue weighted by Gasteiger charge is 2.39. The summed E-state index contributed by atoms with van der Waals surface area (Å²) >= 11 is 0. The quantitative estimate of drug-likeness (QED) is 0.421. The number of fused-ring (bicyclic) bond motifs is 1. The summed E-state index contributed by atoms with van der Waals surface area (Å²) in [5.41, 5.74) is 0.306. The van der Waals surface area contributed by atoms with Crippen molar-refractivity contribution in [2.45, 2.75) is 83.9 Å². The van der Waals surface area contributed by atoms with Gasteiger partial charge in [-0.3, -0.25) is 25.0 Å². The summed E-state index contributed by atoms with van der Waals surface area (Å²) < 4.78 is 41.8. The van der Waals surface area contributed by atoms with Gasteiger partial charge in [0.1, 0.15) is 0 Å². The Hall–Kier alpha value is -3.02. The van der Waals surface area contributed by atoms with Gasteiger partial charge in [0.15, 0.2) is 0 Å². The molecule has 326 valence electrons. The molecule has 4 unspecified atom stereocenters. The minimum absolute atomic E-state index is 0.102. The van der Waals surface area contributed by atoms with E-state index in [1.807, 2.05) is 50.0 Å². The van der Waals surface area contributed by atoms with E-state index in [1.54, 1.807) is 24.5 Å². The van der Waals surface area contributed by atoms with Gasteiger partial charge in [0.05, 0.1) is 12.6 Å². The largest absolute Gasteiger partial charge is 0.395 e. The molecule has 8 aliphatic rings. The highest BCUT2D eigenvalue weighted by Crippen LogP contribution is 2.37. The average molecular weight is 811 g/mol. The number of nitrogens with zero attached hydrogens (tertiary/aromatic N) is 11. The van der Waals surface area contributed by atoms with Crippen LogP contribution in [0.5, 0.6) is 0 Å². The fourth-order valence-electron chi connectivity index (χ4n) is 8.81. The molecule has 0 aromatic carbocycles. The molecule has 3 fully saturated rings. The van der Waals surface area contributed by atoms with Gasteiger partial charge in [0.25, 0.3) is 0 Å². The van der Waals surface area contributed by atoms with Crippen LogP contribution in [0.1, 0.15) is 71.6 Å². The molecule has 8 rings (SSSR count). The fourth-order valence-corrected chi connectivity index (χ4v) is 8.81. The standard InChI is InChI=1S/C10H17F3N2.2C8H15N3.C8H14N2O.C6H12N2O/c1-3-4-9(5-6-10(11,12)13)7-14-15(2)8-9;1-10-4-3-8-7(6-10)5-9-11(8)2;1-11-7-8(6-10-11)2-4-9-5-3-8;1-10-7-8(6-9-10)2-4-11-5-3-8;1-6(5-9)3-7-8(2)4-6/h7H,3-6,8H2,1-2H3;5,7-8H,3-4,6H2,1-2H3;6,9H,2-5,7H2,1H3;6H,2-5,7H2,1H3;3,9H,4-5H2,1-2H3. The molecular weight excluding hydrogens is 738 g/mol. The maximum atomic E-state index is 12.2. The molecule has 0 amide bonds. The van der Waals surface area contributed by atoms with Crippen LogP contribution >= 0.6 is 0 Å². The number of likely N-dealkylation sites (tertiary alicyclic amines) is 1. The van der Waals surface area contributed by atoms with E-state index >= 15 is 0 Å². The molecule has 0 aromatic rings. The van der Waals surface area contributed by atoms with Crippen LogP contribution in [0, 0.1) is 27.6 Å². The first-order valence-corrected chi connectivity index (χ1v) is 20.9. The second kappa shape index (κ2) is 20.8. The molecule has 0 aromatic heterocycles. The third-order valence-electron chi connectivity index (χ3n) is 12.2. The van der Waals surface area contributed by atoms with Crippen LogP contribution in [0.25, 0.3) is 0 Å². The maximum Gasteiger partial charge on any atom is 0.389 e. The van der Waals surface area contributed by atoms with Gasteiger partial charge in [-0.25, -0.2) is 0 Å². The van der Waals surface area contributed by atoms with Crippen LogP contribution in [0.4, 0.5) is 13.2 Å². The Morgan fingerprint density at radius 1 is 0.754 bits per heavy atom. The van der Waals surface area contributed by atoms with Gasteiger partial charge in [0, 0.05) is 146 Å². The van der Waals surface area contributed by atoms with Crippen molar-refractivity contribution in [2.24, 2.45) is 53.1 Å². The minimum Gasteiger partial charge on any atom is -0.395 e. The monoisotopic (exact) mass is 811 g/mol. The van der Waals surface area contributed by atoms with Crippen LogP contribution in [0.2, 0.25) is 0 Å². The number of hydrogen-bond donors (Lipinski definition) is 2. The maximum absolute atomic E-state index is 12.2. The molecule has 57 heavy (non-hydrogen) atoms. The molecule has 3 saturated heterocycles. The summed E-state index contributed by atoms with van der Waals surface area (Å²) in [5, 5.41) is 42.8. The summed E-state index contributed by atoms with van der Waals surface area (Å²) in [7, 11) is 12.0. The molecule has 14 nitrogen and oxygen atoms in total. The van der Waals surface area contributed by atoms with Gasteiger partial charge in [-0.2, -0.15) is 38.7 Å². The Morgan fingerprint density at radius 3 is 1.79 bits per heavy atom. The van der Waals surface area contributed by atoms with E-state index in [0.29, 0.717) is 29.3 Å². The number of alkyl halides is 3. The third kappa shape index (κ3) is 14.6. The molecule has 8 heterocycles. The first-order chi connectivity index (χ1) is 26.9. The van der Waals surface area contributed by atoms with E-state index in [2.05, 4.69) is 73.5 Å². The van der Waals surface area contributed by atoms with Gasteiger partial charge < -0.3 is 20.1 Å². The Bertz CT molecular complexity index is 1330. The van der Waals surface area contributed by atoms with E-state index in [9.17, 15) is 13.2 Å². The zero-order valence-electron chi connectivity index (χ0n) is 36.1. The van der Waals surface area contributed by atoms with Crippen LogP contribution in [0.3, 0.4) is 0 Å². The average Bonchev–Trinajstić information content (AvgIpc) is 3.99. The Labute approximate surface area is 340 Å². The van der Waals surface area contributed by atoms with Gasteiger partial charge in [-0.15, -0.1) is 0 Å². The molecule has 17 heteroatoms. The van der Waals surface area contributed by atoms with Gasteiger partial charge in [0.2, 0.25) is 0 Å². The lowest BCUT2D eigenvalue weighted by Gasteiger charge is -2.33. The number of aliphatic hydroxyl groups excluding tert-OH is 1. The molecule has 0 saturated carbocycles. The first-order valence-electron chi connectivity index (χ1n) is 20.9. The van der Waals surface area contributed by atoms with Crippen molar-refractivity contribution in [3.05, 3.63) is 0 Å². The fraction of sp³-hybridized carbons (Fsp3) is 0.875. The lowest BCUT2D eigenvalue weighted by Crippen LogP contribution is -2.44. The Morgan fingerprint density at radius 2 is 1.32 bits per heavy atom. The van der Waals surface area contributed by atoms with Crippen molar-refractivity contribution in [3.63, 3.8) is 0 Å². The van der Waals surface area contributed by atoms with Crippen LogP contribution in [-0.4, -0.2) is 193 Å². The number of piperidine rings is 2. The molecular formula is C40H73F3N12O2. The summed E-state index contributed by atoms with van der Waals surface area (Å²) in [6, 6.07) is 0.686. The van der Waals surface area contributed by atoms with E-state index < -0.39 is 12.6 Å². The lowest BCUT2D eigenvalue weighted by atomic mass is 9.80. The van der Waals surface area contributed by atoms with Crippen LogP contribution in [-0.2, 0) is 4.74 Å². The van der Waals surface area contributed by atoms with Crippen LogP contribution in [0.15, 0.2) is 25.5 Å². The number of ether oxygens (including phenoxy) is 1. The summed E-state index contributed by atoms with van der Waals surface area (Å²) in [6.07, 6.45) is 12.9. The van der Waals surface area contributed by atoms with Gasteiger partial charge in [-0.05, 0) is 71.6 Å². The van der Waals surface area contributed by atoms with Gasteiger partial charge in [-0.1, -0.05) is 20.3 Å². The summed E-state index contributed by atoms with van der Waals surface area (Å²) in [5.74, 6) is 0.679. The number of nitrogens with one attached hydrogen (secondary N) is 1. The summed E-state index contributed by atoms with van der Waals surface area (Å²) in [6.45, 7) is 14.3. The number of aliphatic hydroxyl groups is 1. The zero-order valence-corrected chi connectivity index (χ0v) is 36.1. The van der Waals surface area contributed by atoms with Crippen molar-refractivity contribution >= 4 is 31.1 Å². The van der Waals surface area contributed by atoms with E-state index in [4.69, 9.17) is 9.84 Å². The predicted molar refractivity (Wildman–Crippen MR) is 225 cm³/mol. The van der Waals surface area contributed by atoms with Crippen molar-refractivity contribution < 1.29 is 23.0 Å². The molecule has 0 aliphatic carbocycles. The van der Waals surface area contributed by atoms with Crippen molar-refractivity contribution in [1.29, 1.82) is 0 Å². The topological polar surface area (TPSA) is 123 Å².